The second kappa shape index (κ2) is 4.92. The Bertz CT molecular complexity index is 190. The third-order valence-corrected chi connectivity index (χ3v) is 3.26. The molecule has 0 aromatic carbocycles. The highest BCUT2D eigenvalue weighted by molar-refractivity contribution is 5.78. The van der Waals surface area contributed by atoms with Gasteiger partial charge in [0.05, 0.1) is 6.10 Å². The van der Waals surface area contributed by atoms with Crippen molar-refractivity contribution in [3.8, 4) is 0 Å². The van der Waals surface area contributed by atoms with Crippen LogP contribution in [-0.4, -0.2) is 18.5 Å². The summed E-state index contributed by atoms with van der Waals surface area (Å²) in [6, 6.07) is 0. The smallest absolute Gasteiger partial charge is 0.135 e. The fraction of sp³-hybridized carbons (Fsp3) is 0.917. The molecule has 0 radical (unpaired) electrons. The minimum absolute atomic E-state index is 0.246. The number of hydrogen-bond donors (Lipinski definition) is 0. The number of ketones is 1. The van der Waals surface area contributed by atoms with Crippen molar-refractivity contribution in [3.05, 3.63) is 0 Å². The van der Waals surface area contributed by atoms with E-state index in [1.54, 1.807) is 0 Å². The Morgan fingerprint density at radius 3 is 2.71 bits per heavy atom. The Kier molecular flexibility index (Phi) is 3.57. The molecule has 0 amide bonds. The van der Waals surface area contributed by atoms with E-state index in [2.05, 4.69) is 0 Å². The second-order valence-corrected chi connectivity index (χ2v) is 4.71. The van der Waals surface area contributed by atoms with E-state index in [1.165, 1.54) is 25.7 Å². The van der Waals surface area contributed by atoms with Gasteiger partial charge in [-0.25, -0.2) is 0 Å². The summed E-state index contributed by atoms with van der Waals surface area (Å²) < 4.78 is 5.55. The monoisotopic (exact) mass is 196 g/mol. The van der Waals surface area contributed by atoms with E-state index in [0.717, 1.165) is 31.8 Å². The van der Waals surface area contributed by atoms with Gasteiger partial charge < -0.3 is 4.74 Å². The number of ether oxygens (including phenoxy) is 1. The zero-order valence-electron chi connectivity index (χ0n) is 8.84. The molecule has 1 aliphatic carbocycles. The molecule has 0 aromatic heterocycles. The lowest BCUT2D eigenvalue weighted by Gasteiger charge is -2.21. The normalized spacial score (nSPS) is 27.6. The third-order valence-electron chi connectivity index (χ3n) is 3.26. The largest absolute Gasteiger partial charge is 0.378 e. The first-order valence-corrected chi connectivity index (χ1v) is 5.98. The van der Waals surface area contributed by atoms with E-state index in [-0.39, 0.29) is 6.10 Å². The molecule has 0 bridgehead atoms. The van der Waals surface area contributed by atoms with Gasteiger partial charge in [-0.05, 0) is 31.6 Å². The molecule has 14 heavy (non-hydrogen) atoms. The summed E-state index contributed by atoms with van der Waals surface area (Å²) in [7, 11) is 0. The number of carbonyl (C=O) groups excluding carboxylic acids is 1. The quantitative estimate of drug-likeness (QED) is 0.675. The molecule has 0 aromatic rings. The van der Waals surface area contributed by atoms with Gasteiger partial charge in [0.25, 0.3) is 0 Å². The van der Waals surface area contributed by atoms with Gasteiger partial charge in [-0.1, -0.05) is 12.8 Å². The Labute approximate surface area is 86.0 Å². The zero-order valence-corrected chi connectivity index (χ0v) is 8.84. The molecular formula is C12H20O2. The van der Waals surface area contributed by atoms with Gasteiger partial charge in [-0.15, -0.1) is 0 Å². The molecule has 80 valence electrons. The van der Waals surface area contributed by atoms with E-state index < -0.39 is 0 Å². The van der Waals surface area contributed by atoms with Crippen molar-refractivity contribution in [2.45, 2.75) is 57.5 Å². The van der Waals surface area contributed by atoms with Crippen LogP contribution in [0.3, 0.4) is 0 Å². The van der Waals surface area contributed by atoms with Gasteiger partial charge in [0.15, 0.2) is 0 Å². The topological polar surface area (TPSA) is 26.3 Å². The highest BCUT2D eigenvalue weighted by atomic mass is 16.5. The van der Waals surface area contributed by atoms with Crippen LogP contribution in [-0.2, 0) is 9.53 Å². The maximum atomic E-state index is 11.6. The van der Waals surface area contributed by atoms with Crippen LogP contribution in [0.4, 0.5) is 0 Å². The molecule has 2 heteroatoms. The van der Waals surface area contributed by atoms with Gasteiger partial charge in [0.1, 0.15) is 5.78 Å². The van der Waals surface area contributed by atoms with Crippen molar-refractivity contribution in [1.82, 2.24) is 0 Å². The van der Waals surface area contributed by atoms with Gasteiger partial charge in [-0.2, -0.15) is 0 Å². The third kappa shape index (κ3) is 3.41. The highest BCUT2D eigenvalue weighted by Crippen LogP contribution is 2.33. The maximum Gasteiger partial charge on any atom is 0.135 e. The van der Waals surface area contributed by atoms with Crippen molar-refractivity contribution in [2.75, 3.05) is 6.61 Å². The summed E-state index contributed by atoms with van der Waals surface area (Å²) >= 11 is 0. The van der Waals surface area contributed by atoms with Gasteiger partial charge >= 0.3 is 0 Å². The summed E-state index contributed by atoms with van der Waals surface area (Å²) in [5.41, 5.74) is 0. The average Bonchev–Trinajstić information content (AvgIpc) is 3.00. The Balaban J connectivity index is 1.59. The van der Waals surface area contributed by atoms with Crippen LogP contribution in [0.2, 0.25) is 0 Å². The predicted octanol–water partition coefficient (Wildman–Crippen LogP) is 2.70. The van der Waals surface area contributed by atoms with Crippen molar-refractivity contribution >= 4 is 5.78 Å². The first-order valence-electron chi connectivity index (χ1n) is 5.98. The van der Waals surface area contributed by atoms with Gasteiger partial charge in [0, 0.05) is 19.4 Å². The standard InChI is InChI=1S/C12H20O2/c13-11(7-6-10-4-5-10)9-12-3-1-2-8-14-12/h10,12H,1-9H2. The molecule has 1 unspecified atom stereocenters. The molecule has 1 aliphatic heterocycles. The van der Waals surface area contributed by atoms with Crippen LogP contribution in [0.15, 0.2) is 0 Å². The first-order chi connectivity index (χ1) is 6.84. The van der Waals surface area contributed by atoms with Crippen LogP contribution in [0.1, 0.15) is 51.4 Å². The minimum Gasteiger partial charge on any atom is -0.378 e. The molecule has 1 saturated heterocycles. The SMILES string of the molecule is O=C(CCC1CC1)CC1CCCCO1. The second-order valence-electron chi connectivity index (χ2n) is 4.71. The number of rotatable bonds is 5. The minimum atomic E-state index is 0.246. The van der Waals surface area contributed by atoms with Crippen molar-refractivity contribution in [1.29, 1.82) is 0 Å². The molecule has 2 aliphatic rings. The van der Waals surface area contributed by atoms with Crippen LogP contribution >= 0.6 is 0 Å². The molecule has 0 N–H and O–H groups in total. The van der Waals surface area contributed by atoms with Crippen LogP contribution < -0.4 is 0 Å². The van der Waals surface area contributed by atoms with Gasteiger partial charge in [-0.3, -0.25) is 4.79 Å². The van der Waals surface area contributed by atoms with Crippen LogP contribution in [0.25, 0.3) is 0 Å². The van der Waals surface area contributed by atoms with E-state index in [9.17, 15) is 4.79 Å². The molecule has 0 spiro atoms. The lowest BCUT2D eigenvalue weighted by Crippen LogP contribution is -2.22. The maximum absolute atomic E-state index is 11.6. The highest BCUT2D eigenvalue weighted by Gasteiger charge is 2.23. The Hall–Kier alpha value is -0.370. The first kappa shape index (κ1) is 10.2. The average molecular weight is 196 g/mol. The molecule has 1 heterocycles. The zero-order chi connectivity index (χ0) is 9.80. The fourth-order valence-corrected chi connectivity index (χ4v) is 2.10. The van der Waals surface area contributed by atoms with E-state index in [0.29, 0.717) is 12.2 Å². The van der Waals surface area contributed by atoms with E-state index in [1.807, 2.05) is 0 Å². The lowest BCUT2D eigenvalue weighted by molar-refractivity contribution is -0.122. The van der Waals surface area contributed by atoms with Crippen molar-refractivity contribution < 1.29 is 9.53 Å². The summed E-state index contributed by atoms with van der Waals surface area (Å²) in [4.78, 5) is 11.6. The molecule has 2 nitrogen and oxygen atoms in total. The van der Waals surface area contributed by atoms with E-state index >= 15 is 0 Å². The summed E-state index contributed by atoms with van der Waals surface area (Å²) in [6.45, 7) is 0.862. The molecule has 2 rings (SSSR count). The van der Waals surface area contributed by atoms with Crippen molar-refractivity contribution in [2.24, 2.45) is 5.92 Å². The van der Waals surface area contributed by atoms with Crippen molar-refractivity contribution in [3.63, 3.8) is 0 Å². The van der Waals surface area contributed by atoms with E-state index in [4.69, 9.17) is 4.74 Å². The Morgan fingerprint density at radius 1 is 1.21 bits per heavy atom. The van der Waals surface area contributed by atoms with Crippen LogP contribution in [0.5, 0.6) is 0 Å². The molecular weight excluding hydrogens is 176 g/mol. The number of Topliss-reactive ketones (excluding diaryl/α,β-unsaturated/α-hetero) is 1. The molecule has 2 fully saturated rings. The lowest BCUT2D eigenvalue weighted by atomic mass is 10.0. The van der Waals surface area contributed by atoms with Crippen LogP contribution in [0, 0.1) is 5.92 Å². The summed E-state index contributed by atoms with van der Waals surface area (Å²) in [5, 5.41) is 0. The summed E-state index contributed by atoms with van der Waals surface area (Å²) in [6.07, 6.45) is 9.06. The molecule has 1 saturated carbocycles. The fourth-order valence-electron chi connectivity index (χ4n) is 2.10. The summed E-state index contributed by atoms with van der Waals surface area (Å²) in [5.74, 6) is 1.30. The number of carbonyl (C=O) groups is 1. The molecule has 1 atom stereocenters. The number of hydrogen-bond acceptors (Lipinski definition) is 2. The Morgan fingerprint density at radius 2 is 2.07 bits per heavy atom. The van der Waals surface area contributed by atoms with Gasteiger partial charge in [0.2, 0.25) is 0 Å². The predicted molar refractivity (Wildman–Crippen MR) is 55.2 cm³/mol.